The largest absolute Gasteiger partial charge is 0.496 e. The van der Waals surface area contributed by atoms with Crippen molar-refractivity contribution in [3.05, 3.63) is 59.7 Å². The molecule has 3 aliphatic rings. The summed E-state index contributed by atoms with van der Waals surface area (Å²) in [5, 5.41) is 4.69. The van der Waals surface area contributed by atoms with Gasteiger partial charge >= 0.3 is 0 Å². The summed E-state index contributed by atoms with van der Waals surface area (Å²) in [4.78, 5) is 53.5. The Kier molecular flexibility index (Phi) is 4.93. The van der Waals surface area contributed by atoms with Crippen molar-refractivity contribution in [2.24, 2.45) is 17.6 Å². The summed E-state index contributed by atoms with van der Waals surface area (Å²) in [6.07, 6.45) is 0.368. The summed E-state index contributed by atoms with van der Waals surface area (Å²) in [5.41, 5.74) is 6.13. The number of imide groups is 1. The van der Waals surface area contributed by atoms with Gasteiger partial charge in [0.25, 0.3) is 5.91 Å². The number of nitrogens with one attached hydrogen (secondary N) is 1. The SMILES string of the molecule is COc1ccccc1CN1C(=O)[C@H]2[C@@H](CCC(N)=O)[NH2+][C@]3(C(=O)Nc4ccccc43)[C@H]2C1=O. The number of nitrogens with zero attached hydrogens (tertiary/aromatic N) is 1. The molecule has 0 aromatic heterocycles. The number of amides is 4. The molecule has 2 aromatic carbocycles. The molecule has 0 unspecified atom stereocenters. The van der Waals surface area contributed by atoms with Gasteiger partial charge in [0, 0.05) is 24.0 Å². The fourth-order valence-corrected chi connectivity index (χ4v) is 5.71. The first-order valence-corrected chi connectivity index (χ1v) is 10.9. The lowest BCUT2D eigenvalue weighted by atomic mass is 9.76. The van der Waals surface area contributed by atoms with Crippen LogP contribution in [0.25, 0.3) is 0 Å². The number of hydrogen-bond acceptors (Lipinski definition) is 5. The Hall–Kier alpha value is -3.72. The van der Waals surface area contributed by atoms with Crippen LogP contribution >= 0.6 is 0 Å². The Bertz CT molecular complexity index is 1180. The van der Waals surface area contributed by atoms with Gasteiger partial charge in [-0.25, -0.2) is 0 Å². The summed E-state index contributed by atoms with van der Waals surface area (Å²) >= 11 is 0. The number of nitrogens with two attached hydrogens (primary N) is 2. The maximum atomic E-state index is 13.8. The standard InChI is InChI=1S/C24H24N4O5/c1-33-17-9-5-2-6-13(17)12-28-21(30)19-16(10-11-18(25)29)27-24(20(19)22(28)31)14-7-3-4-8-15(14)26-23(24)32/h2-9,16,19-20,27H,10-12H2,1H3,(H2,25,29)(H,26,32)/p+1/t16-,19+,20-,24+/m1/s1. The fourth-order valence-electron chi connectivity index (χ4n) is 5.71. The number of ether oxygens (including phenoxy) is 1. The van der Waals surface area contributed by atoms with Crippen LogP contribution in [0.4, 0.5) is 5.69 Å². The molecule has 0 radical (unpaired) electrons. The Balaban J connectivity index is 1.57. The maximum absolute atomic E-state index is 13.8. The van der Waals surface area contributed by atoms with E-state index in [1.54, 1.807) is 18.2 Å². The molecule has 2 aromatic rings. The first kappa shape index (κ1) is 21.1. The molecule has 170 valence electrons. The number of primary amides is 1. The smallest absolute Gasteiger partial charge is 0.291 e. The third kappa shape index (κ3) is 3.03. The summed E-state index contributed by atoms with van der Waals surface area (Å²) in [6, 6.07) is 14.0. The Morgan fingerprint density at radius 2 is 1.85 bits per heavy atom. The van der Waals surface area contributed by atoms with Gasteiger partial charge < -0.3 is 21.1 Å². The fraction of sp³-hybridized carbons (Fsp3) is 0.333. The summed E-state index contributed by atoms with van der Waals surface area (Å²) < 4.78 is 5.39. The second-order valence-electron chi connectivity index (χ2n) is 8.78. The highest BCUT2D eigenvalue weighted by molar-refractivity contribution is 6.13. The van der Waals surface area contributed by atoms with E-state index in [0.29, 0.717) is 29.0 Å². The second-order valence-corrected chi connectivity index (χ2v) is 8.78. The predicted molar refractivity (Wildman–Crippen MR) is 116 cm³/mol. The molecule has 1 spiro atoms. The van der Waals surface area contributed by atoms with Gasteiger partial charge in [0.15, 0.2) is 0 Å². The van der Waals surface area contributed by atoms with Gasteiger partial charge in [0.2, 0.25) is 23.3 Å². The van der Waals surface area contributed by atoms with Gasteiger partial charge in [-0.1, -0.05) is 36.4 Å². The highest BCUT2D eigenvalue weighted by Gasteiger charge is 2.74. The zero-order valence-corrected chi connectivity index (χ0v) is 18.1. The molecule has 4 atom stereocenters. The van der Waals surface area contributed by atoms with Crippen molar-refractivity contribution < 1.29 is 29.2 Å². The monoisotopic (exact) mass is 449 g/mol. The van der Waals surface area contributed by atoms with E-state index in [0.717, 1.165) is 0 Å². The lowest BCUT2D eigenvalue weighted by Crippen LogP contribution is -2.99. The minimum absolute atomic E-state index is 0.0521. The molecule has 0 bridgehead atoms. The van der Waals surface area contributed by atoms with Crippen molar-refractivity contribution in [3.8, 4) is 5.75 Å². The number of carbonyl (C=O) groups excluding carboxylic acids is 4. The van der Waals surface area contributed by atoms with Crippen LogP contribution in [0.2, 0.25) is 0 Å². The molecular weight excluding hydrogens is 424 g/mol. The quantitative estimate of drug-likeness (QED) is 0.528. The van der Waals surface area contributed by atoms with Crippen LogP contribution in [0, 0.1) is 11.8 Å². The lowest BCUT2D eigenvalue weighted by Gasteiger charge is -2.26. The summed E-state index contributed by atoms with van der Waals surface area (Å²) in [5.74, 6) is -2.56. The number of para-hydroxylation sites is 2. The van der Waals surface area contributed by atoms with Gasteiger partial charge in [0.1, 0.15) is 23.6 Å². The molecule has 5 rings (SSSR count). The van der Waals surface area contributed by atoms with Crippen LogP contribution in [-0.4, -0.2) is 41.7 Å². The molecule has 2 saturated heterocycles. The highest BCUT2D eigenvalue weighted by Crippen LogP contribution is 2.49. The van der Waals surface area contributed by atoms with Crippen LogP contribution < -0.4 is 21.1 Å². The topological polar surface area (TPSA) is 135 Å². The van der Waals surface area contributed by atoms with Crippen molar-refractivity contribution in [1.82, 2.24) is 4.90 Å². The average Bonchev–Trinajstić information content (AvgIpc) is 3.39. The first-order valence-electron chi connectivity index (χ1n) is 10.9. The molecular formula is C24H25N4O5+. The molecule has 33 heavy (non-hydrogen) atoms. The van der Waals surface area contributed by atoms with Gasteiger partial charge in [0.05, 0.1) is 19.3 Å². The van der Waals surface area contributed by atoms with Crippen LogP contribution in [-0.2, 0) is 31.3 Å². The maximum Gasteiger partial charge on any atom is 0.291 e. The van der Waals surface area contributed by atoms with E-state index in [1.165, 1.54) is 12.0 Å². The zero-order valence-electron chi connectivity index (χ0n) is 18.1. The molecule has 9 nitrogen and oxygen atoms in total. The number of benzene rings is 2. The molecule has 5 N–H and O–H groups in total. The van der Waals surface area contributed by atoms with Crippen LogP contribution in [0.3, 0.4) is 0 Å². The molecule has 3 aliphatic heterocycles. The number of quaternary nitrogens is 1. The van der Waals surface area contributed by atoms with E-state index in [2.05, 4.69) is 5.32 Å². The van der Waals surface area contributed by atoms with Gasteiger partial charge in [-0.05, 0) is 12.1 Å². The summed E-state index contributed by atoms with van der Waals surface area (Å²) in [7, 11) is 1.53. The molecule has 4 amide bonds. The Morgan fingerprint density at radius 3 is 2.61 bits per heavy atom. The van der Waals surface area contributed by atoms with Crippen molar-refractivity contribution in [1.29, 1.82) is 0 Å². The number of rotatable bonds is 6. The third-order valence-electron chi connectivity index (χ3n) is 7.11. The number of likely N-dealkylation sites (tertiary alicyclic amines) is 1. The van der Waals surface area contributed by atoms with Gasteiger partial charge in [-0.15, -0.1) is 0 Å². The van der Waals surface area contributed by atoms with E-state index < -0.39 is 29.3 Å². The van der Waals surface area contributed by atoms with Crippen molar-refractivity contribution in [2.45, 2.75) is 31.0 Å². The Labute approximate surface area is 190 Å². The number of anilines is 1. The lowest BCUT2D eigenvalue weighted by molar-refractivity contribution is -0.734. The molecule has 3 heterocycles. The van der Waals surface area contributed by atoms with Crippen molar-refractivity contribution >= 4 is 29.3 Å². The minimum Gasteiger partial charge on any atom is -0.496 e. The molecule has 0 saturated carbocycles. The predicted octanol–water partition coefficient (Wildman–Crippen LogP) is -0.145. The second kappa shape index (κ2) is 7.70. The van der Waals surface area contributed by atoms with E-state index in [4.69, 9.17) is 10.5 Å². The number of carbonyl (C=O) groups is 4. The van der Waals surface area contributed by atoms with Gasteiger partial charge in [-0.2, -0.15) is 0 Å². The third-order valence-corrected chi connectivity index (χ3v) is 7.11. The van der Waals surface area contributed by atoms with Crippen molar-refractivity contribution in [2.75, 3.05) is 12.4 Å². The van der Waals surface area contributed by atoms with E-state index in [-0.39, 0.29) is 30.7 Å². The van der Waals surface area contributed by atoms with E-state index in [1.807, 2.05) is 35.6 Å². The van der Waals surface area contributed by atoms with Crippen LogP contribution in [0.15, 0.2) is 48.5 Å². The van der Waals surface area contributed by atoms with Crippen LogP contribution in [0.5, 0.6) is 5.75 Å². The normalized spacial score (nSPS) is 27.6. The minimum atomic E-state index is -1.26. The van der Waals surface area contributed by atoms with E-state index >= 15 is 0 Å². The average molecular weight is 449 g/mol. The first-order chi connectivity index (χ1) is 15.9. The molecule has 0 aliphatic carbocycles. The highest BCUT2D eigenvalue weighted by atomic mass is 16.5. The summed E-state index contributed by atoms with van der Waals surface area (Å²) in [6.45, 7) is 0.0521. The van der Waals surface area contributed by atoms with Crippen molar-refractivity contribution in [3.63, 3.8) is 0 Å². The van der Waals surface area contributed by atoms with Gasteiger partial charge in [-0.3, -0.25) is 24.1 Å². The number of methoxy groups -OCH3 is 1. The Morgan fingerprint density at radius 1 is 1.12 bits per heavy atom. The number of hydrogen-bond donors (Lipinski definition) is 3. The zero-order chi connectivity index (χ0) is 23.3. The van der Waals surface area contributed by atoms with Crippen LogP contribution in [0.1, 0.15) is 24.0 Å². The molecule has 9 heteroatoms. The number of fused-ring (bicyclic) bond motifs is 4. The molecule has 2 fully saturated rings. The van der Waals surface area contributed by atoms with E-state index in [9.17, 15) is 19.2 Å².